The van der Waals surface area contributed by atoms with Crippen LogP contribution in [-0.4, -0.2) is 26.6 Å². The Hall–Kier alpha value is -2.28. The summed E-state index contributed by atoms with van der Waals surface area (Å²) in [7, 11) is -2.83. The number of aromatic nitrogens is 2. The zero-order valence-electron chi connectivity index (χ0n) is 10.2. The minimum atomic E-state index is -2.83. The molecule has 1 atom stereocenters. The van der Waals surface area contributed by atoms with Crippen molar-refractivity contribution in [2.75, 3.05) is 6.26 Å². The second kappa shape index (κ2) is 4.77. The van der Waals surface area contributed by atoms with Crippen molar-refractivity contribution in [1.29, 1.82) is 4.78 Å². The average Bonchev–Trinajstić information content (AvgIpc) is 2.38. The summed E-state index contributed by atoms with van der Waals surface area (Å²) in [5, 5.41) is 7.61. The highest BCUT2D eigenvalue weighted by molar-refractivity contribution is 7.91. The van der Waals surface area contributed by atoms with Crippen LogP contribution in [0.15, 0.2) is 41.4 Å². The Balaban J connectivity index is 2.64. The largest absolute Gasteiger partial charge is 0.366 e. The van der Waals surface area contributed by atoms with Crippen LogP contribution >= 0.6 is 0 Å². The van der Waals surface area contributed by atoms with Gasteiger partial charge in [-0.2, -0.15) is 5.10 Å². The summed E-state index contributed by atoms with van der Waals surface area (Å²) in [4.78, 5) is 11.7. The normalized spacial score (nSPS) is 13.7. The van der Waals surface area contributed by atoms with E-state index in [1.165, 1.54) is 18.5 Å². The lowest BCUT2D eigenvalue weighted by atomic mass is 10.1. The molecule has 0 spiro atoms. The van der Waals surface area contributed by atoms with Crippen LogP contribution in [0.5, 0.6) is 0 Å². The second-order valence-electron chi connectivity index (χ2n) is 4.03. The summed E-state index contributed by atoms with van der Waals surface area (Å²) >= 11 is 0. The first-order valence-corrected chi connectivity index (χ1v) is 7.32. The molecule has 2 rings (SSSR count). The number of hydrogen-bond acceptors (Lipinski definition) is 5. The molecule has 98 valence electrons. The van der Waals surface area contributed by atoms with Gasteiger partial charge in [0, 0.05) is 16.7 Å². The Kier molecular flexibility index (Phi) is 3.30. The van der Waals surface area contributed by atoms with E-state index in [1.54, 1.807) is 24.3 Å². The molecule has 0 bridgehead atoms. The zero-order valence-corrected chi connectivity index (χ0v) is 11.0. The molecule has 1 amide bonds. The number of nitrogens with one attached hydrogen (secondary N) is 1. The van der Waals surface area contributed by atoms with Gasteiger partial charge in [0.1, 0.15) is 5.69 Å². The lowest BCUT2D eigenvalue weighted by Gasteiger charge is -2.07. The van der Waals surface area contributed by atoms with Crippen molar-refractivity contribution in [2.24, 2.45) is 5.73 Å². The summed E-state index contributed by atoms with van der Waals surface area (Å²) in [6.45, 7) is 0. The first-order chi connectivity index (χ1) is 8.89. The molecule has 19 heavy (non-hydrogen) atoms. The Bertz CT molecular complexity index is 741. The number of nitrogens with two attached hydrogens (primary N) is 1. The highest BCUT2D eigenvalue weighted by Crippen LogP contribution is 2.23. The third-order valence-corrected chi connectivity index (χ3v) is 3.70. The number of hydrogen-bond donors (Lipinski definition) is 2. The van der Waals surface area contributed by atoms with Crippen LogP contribution in [0.25, 0.3) is 11.3 Å². The maximum atomic E-state index is 11.7. The van der Waals surface area contributed by atoms with Crippen molar-refractivity contribution >= 4 is 15.6 Å². The number of amides is 1. The highest BCUT2D eigenvalue weighted by Gasteiger charge is 2.13. The predicted molar refractivity (Wildman–Crippen MR) is 71.0 cm³/mol. The van der Waals surface area contributed by atoms with E-state index in [4.69, 9.17) is 10.5 Å². The van der Waals surface area contributed by atoms with Gasteiger partial charge in [-0.25, -0.2) is 8.99 Å². The van der Waals surface area contributed by atoms with Gasteiger partial charge < -0.3 is 5.73 Å². The zero-order chi connectivity index (χ0) is 14.0. The van der Waals surface area contributed by atoms with Crippen LogP contribution in [0.1, 0.15) is 10.4 Å². The molecule has 0 aliphatic carbocycles. The minimum absolute atomic E-state index is 0.236. The molecular formula is C12H12N4O2S. The van der Waals surface area contributed by atoms with Crippen molar-refractivity contribution < 1.29 is 9.00 Å². The van der Waals surface area contributed by atoms with E-state index in [0.717, 1.165) is 0 Å². The van der Waals surface area contributed by atoms with E-state index in [1.807, 2.05) is 0 Å². The molecule has 0 radical (unpaired) electrons. The maximum absolute atomic E-state index is 11.7. The molecule has 1 heterocycles. The van der Waals surface area contributed by atoms with E-state index < -0.39 is 15.6 Å². The smallest absolute Gasteiger partial charge is 0.251 e. The fourth-order valence-corrected chi connectivity index (χ4v) is 2.32. The molecule has 0 saturated carbocycles. The number of benzene rings is 1. The predicted octanol–water partition coefficient (Wildman–Crippen LogP) is 1.28. The summed E-state index contributed by atoms with van der Waals surface area (Å²) in [6.07, 6.45) is 2.71. The quantitative estimate of drug-likeness (QED) is 0.879. The van der Waals surface area contributed by atoms with Crippen molar-refractivity contribution in [3.63, 3.8) is 0 Å². The molecule has 7 heteroatoms. The number of carbonyl (C=O) groups excluding carboxylic acids is 1. The summed E-state index contributed by atoms with van der Waals surface area (Å²) in [5.74, 6) is -0.613. The Morgan fingerprint density at radius 1 is 1.37 bits per heavy atom. The van der Waals surface area contributed by atoms with Gasteiger partial charge in [-0.3, -0.25) is 4.79 Å². The molecular weight excluding hydrogens is 264 g/mol. The fourth-order valence-electron chi connectivity index (χ4n) is 1.63. The van der Waals surface area contributed by atoms with E-state index >= 15 is 0 Å². The van der Waals surface area contributed by atoms with Gasteiger partial charge in [0.2, 0.25) is 0 Å². The van der Waals surface area contributed by atoms with Gasteiger partial charge in [-0.15, -0.1) is 5.10 Å². The Labute approximate surface area is 110 Å². The standard InChI is InChI=1S/C12H12N4O2S/c1-19(14,18)9-4-2-3-8(7-9)11-10(12(13)17)5-6-15-16-11/h2-7,14H,1H3,(H2,13,17). The molecule has 6 nitrogen and oxygen atoms in total. The Morgan fingerprint density at radius 2 is 2.11 bits per heavy atom. The molecule has 0 fully saturated rings. The van der Waals surface area contributed by atoms with Crippen LogP contribution in [0, 0.1) is 4.78 Å². The number of carbonyl (C=O) groups is 1. The third kappa shape index (κ3) is 2.76. The topological polar surface area (TPSA) is 110 Å². The molecule has 0 saturated heterocycles. The van der Waals surface area contributed by atoms with Crippen LogP contribution < -0.4 is 5.73 Å². The van der Waals surface area contributed by atoms with Gasteiger partial charge >= 0.3 is 0 Å². The monoisotopic (exact) mass is 276 g/mol. The van der Waals surface area contributed by atoms with Crippen molar-refractivity contribution in [1.82, 2.24) is 10.2 Å². The van der Waals surface area contributed by atoms with Crippen LogP contribution in [0.3, 0.4) is 0 Å². The van der Waals surface area contributed by atoms with Gasteiger partial charge in [0.05, 0.1) is 21.5 Å². The average molecular weight is 276 g/mol. The number of nitrogens with zero attached hydrogens (tertiary/aromatic N) is 2. The fraction of sp³-hybridized carbons (Fsp3) is 0.0833. The first kappa shape index (κ1) is 13.2. The summed E-state index contributed by atoms with van der Waals surface area (Å²) in [5.41, 5.74) is 6.39. The van der Waals surface area contributed by atoms with Crippen molar-refractivity contribution in [3.8, 4) is 11.3 Å². The Morgan fingerprint density at radius 3 is 2.74 bits per heavy atom. The minimum Gasteiger partial charge on any atom is -0.366 e. The van der Waals surface area contributed by atoms with E-state index in [-0.39, 0.29) is 5.56 Å². The SMILES string of the molecule is CS(=N)(=O)c1cccc(-c2nnccc2C(N)=O)c1. The van der Waals surface area contributed by atoms with Gasteiger partial charge in [0.25, 0.3) is 5.91 Å². The maximum Gasteiger partial charge on any atom is 0.251 e. The van der Waals surface area contributed by atoms with Crippen molar-refractivity contribution in [2.45, 2.75) is 4.90 Å². The first-order valence-electron chi connectivity index (χ1n) is 5.35. The lowest BCUT2D eigenvalue weighted by Crippen LogP contribution is -2.13. The second-order valence-corrected chi connectivity index (χ2v) is 6.19. The van der Waals surface area contributed by atoms with Gasteiger partial charge in [-0.1, -0.05) is 12.1 Å². The molecule has 0 aliphatic heterocycles. The van der Waals surface area contributed by atoms with Gasteiger partial charge in [0.15, 0.2) is 0 Å². The van der Waals surface area contributed by atoms with E-state index in [0.29, 0.717) is 16.2 Å². The molecule has 2 aromatic rings. The molecule has 1 unspecified atom stereocenters. The number of primary amides is 1. The van der Waals surface area contributed by atoms with Crippen LogP contribution in [0.4, 0.5) is 0 Å². The molecule has 1 aromatic heterocycles. The summed E-state index contributed by atoms with van der Waals surface area (Å²) in [6, 6.07) is 7.99. The van der Waals surface area contributed by atoms with E-state index in [2.05, 4.69) is 10.2 Å². The van der Waals surface area contributed by atoms with Crippen molar-refractivity contribution in [3.05, 3.63) is 42.1 Å². The molecule has 3 N–H and O–H groups in total. The third-order valence-electron chi connectivity index (χ3n) is 2.54. The lowest BCUT2D eigenvalue weighted by molar-refractivity contribution is 0.100. The number of rotatable bonds is 3. The van der Waals surface area contributed by atoms with Crippen LogP contribution in [0.2, 0.25) is 0 Å². The molecule has 0 aliphatic rings. The highest BCUT2D eigenvalue weighted by atomic mass is 32.2. The van der Waals surface area contributed by atoms with E-state index in [9.17, 15) is 9.00 Å². The van der Waals surface area contributed by atoms with Gasteiger partial charge in [-0.05, 0) is 18.2 Å². The van der Waals surface area contributed by atoms with Crippen LogP contribution in [-0.2, 0) is 9.73 Å². The molecule has 1 aromatic carbocycles. The summed E-state index contributed by atoms with van der Waals surface area (Å²) < 4.78 is 19.3.